The molecule has 1 aromatic heterocycles. The van der Waals surface area contributed by atoms with Gasteiger partial charge in [0.2, 0.25) is 0 Å². The van der Waals surface area contributed by atoms with Gasteiger partial charge in [0.15, 0.2) is 0 Å². The van der Waals surface area contributed by atoms with Crippen molar-refractivity contribution in [3.05, 3.63) is 24.0 Å². The van der Waals surface area contributed by atoms with E-state index in [2.05, 4.69) is 30.2 Å². The Morgan fingerprint density at radius 2 is 2.27 bits per heavy atom. The van der Waals surface area contributed by atoms with Crippen molar-refractivity contribution in [2.24, 2.45) is 5.92 Å². The maximum Gasteiger partial charge on any atom is 0.0603 e. The van der Waals surface area contributed by atoms with E-state index in [1.165, 1.54) is 31.4 Å². The van der Waals surface area contributed by atoms with E-state index >= 15 is 0 Å². The van der Waals surface area contributed by atoms with Crippen molar-refractivity contribution in [3.63, 3.8) is 0 Å². The summed E-state index contributed by atoms with van der Waals surface area (Å²) in [5.74, 6) is 0.869. The second-order valence-electron chi connectivity index (χ2n) is 4.75. The molecule has 1 heterocycles. The number of anilines is 1. The molecule has 0 aliphatic heterocycles. The van der Waals surface area contributed by atoms with Crippen LogP contribution in [0.5, 0.6) is 0 Å². The summed E-state index contributed by atoms with van der Waals surface area (Å²) in [5.41, 5.74) is 2.31. The fraction of sp³-hybridized carbons (Fsp3) is 0.615. The van der Waals surface area contributed by atoms with Gasteiger partial charge < -0.3 is 5.32 Å². The molecule has 1 fully saturated rings. The molecule has 0 unspecified atom stereocenters. The topological polar surface area (TPSA) is 24.9 Å². The third-order valence-corrected chi connectivity index (χ3v) is 3.30. The van der Waals surface area contributed by atoms with Gasteiger partial charge in [-0.05, 0) is 37.8 Å². The predicted octanol–water partition coefficient (Wildman–Crippen LogP) is 3.38. The highest BCUT2D eigenvalue weighted by molar-refractivity contribution is 5.47. The lowest BCUT2D eigenvalue weighted by Gasteiger charge is -2.28. The van der Waals surface area contributed by atoms with Crippen molar-refractivity contribution in [1.82, 2.24) is 4.98 Å². The first kappa shape index (κ1) is 10.5. The van der Waals surface area contributed by atoms with E-state index in [-0.39, 0.29) is 0 Å². The third-order valence-electron chi connectivity index (χ3n) is 3.30. The number of aromatic nitrogens is 1. The minimum Gasteiger partial charge on any atom is -0.381 e. The second-order valence-corrected chi connectivity index (χ2v) is 4.75. The van der Waals surface area contributed by atoms with Crippen molar-refractivity contribution in [1.29, 1.82) is 0 Å². The van der Waals surface area contributed by atoms with Crippen LogP contribution in [0.15, 0.2) is 18.3 Å². The first-order valence-corrected chi connectivity index (χ1v) is 5.94. The van der Waals surface area contributed by atoms with Crippen LogP contribution in [0.25, 0.3) is 0 Å². The molecule has 2 nitrogen and oxygen atoms in total. The Bertz CT molecular complexity index is 322. The summed E-state index contributed by atoms with van der Waals surface area (Å²) in [7, 11) is 0. The Kier molecular flexibility index (Phi) is 3.24. The predicted molar refractivity (Wildman–Crippen MR) is 64.0 cm³/mol. The van der Waals surface area contributed by atoms with Crippen molar-refractivity contribution < 1.29 is 0 Å². The highest BCUT2D eigenvalue weighted by atomic mass is 14.9. The molecule has 0 saturated heterocycles. The molecule has 0 bridgehead atoms. The number of hydrogen-bond donors (Lipinski definition) is 1. The van der Waals surface area contributed by atoms with E-state index in [0.29, 0.717) is 6.04 Å². The van der Waals surface area contributed by atoms with Crippen LogP contribution >= 0.6 is 0 Å². The van der Waals surface area contributed by atoms with Crippen LogP contribution in [-0.2, 0) is 0 Å². The molecule has 1 saturated carbocycles. The monoisotopic (exact) mass is 204 g/mol. The number of aryl methyl sites for hydroxylation is 1. The van der Waals surface area contributed by atoms with Gasteiger partial charge in [-0.25, -0.2) is 0 Å². The molecule has 15 heavy (non-hydrogen) atoms. The largest absolute Gasteiger partial charge is 0.381 e. The van der Waals surface area contributed by atoms with Crippen molar-refractivity contribution in [2.45, 2.75) is 45.6 Å². The SMILES string of the molecule is Cc1ncccc1N[C@H]1CCC[C@H](C)C1. The summed E-state index contributed by atoms with van der Waals surface area (Å²) in [6, 6.07) is 4.78. The van der Waals surface area contributed by atoms with E-state index in [4.69, 9.17) is 0 Å². The molecule has 2 rings (SSSR count). The lowest BCUT2D eigenvalue weighted by Crippen LogP contribution is -2.26. The fourth-order valence-corrected chi connectivity index (χ4v) is 2.42. The molecular formula is C13H20N2. The maximum absolute atomic E-state index is 4.30. The normalized spacial score (nSPS) is 26.3. The molecule has 0 spiro atoms. The Hall–Kier alpha value is -1.05. The van der Waals surface area contributed by atoms with Gasteiger partial charge in [-0.3, -0.25) is 4.98 Å². The van der Waals surface area contributed by atoms with Gasteiger partial charge >= 0.3 is 0 Å². The van der Waals surface area contributed by atoms with Crippen LogP contribution in [-0.4, -0.2) is 11.0 Å². The first-order chi connectivity index (χ1) is 7.25. The molecule has 2 heteroatoms. The summed E-state index contributed by atoms with van der Waals surface area (Å²) in [6.45, 7) is 4.42. The Labute approximate surface area is 92.1 Å². The highest BCUT2D eigenvalue weighted by Crippen LogP contribution is 2.26. The molecular weight excluding hydrogens is 184 g/mol. The van der Waals surface area contributed by atoms with Crippen molar-refractivity contribution in [3.8, 4) is 0 Å². The van der Waals surface area contributed by atoms with E-state index < -0.39 is 0 Å². The quantitative estimate of drug-likeness (QED) is 0.798. The van der Waals surface area contributed by atoms with Gasteiger partial charge in [0.1, 0.15) is 0 Å². The number of nitrogens with zero attached hydrogens (tertiary/aromatic N) is 1. The smallest absolute Gasteiger partial charge is 0.0603 e. The summed E-state index contributed by atoms with van der Waals surface area (Å²) >= 11 is 0. The van der Waals surface area contributed by atoms with Crippen LogP contribution in [0.3, 0.4) is 0 Å². The van der Waals surface area contributed by atoms with Crippen molar-refractivity contribution >= 4 is 5.69 Å². The van der Waals surface area contributed by atoms with Gasteiger partial charge in [-0.1, -0.05) is 19.8 Å². The average Bonchev–Trinajstić information content (AvgIpc) is 2.22. The summed E-state index contributed by atoms with van der Waals surface area (Å²) in [5, 5.41) is 3.62. The lowest BCUT2D eigenvalue weighted by atomic mass is 9.87. The first-order valence-electron chi connectivity index (χ1n) is 5.94. The standard InChI is InChI=1S/C13H20N2/c1-10-5-3-6-12(9-10)15-13-7-4-8-14-11(13)2/h4,7-8,10,12,15H,3,5-6,9H2,1-2H3/t10-,12-/m0/s1. The van der Waals surface area contributed by atoms with Gasteiger partial charge in [-0.15, -0.1) is 0 Å². The van der Waals surface area contributed by atoms with E-state index in [1.807, 2.05) is 12.3 Å². The summed E-state index contributed by atoms with van der Waals surface area (Å²) in [6.07, 6.45) is 7.21. The van der Waals surface area contributed by atoms with Crippen LogP contribution < -0.4 is 5.32 Å². The number of rotatable bonds is 2. The molecule has 82 valence electrons. The van der Waals surface area contributed by atoms with Crippen LogP contribution in [0.2, 0.25) is 0 Å². The number of nitrogens with one attached hydrogen (secondary N) is 1. The zero-order chi connectivity index (χ0) is 10.7. The zero-order valence-electron chi connectivity index (χ0n) is 9.66. The lowest BCUT2D eigenvalue weighted by molar-refractivity contribution is 0.358. The molecule has 0 aromatic carbocycles. The summed E-state index contributed by atoms with van der Waals surface area (Å²) < 4.78 is 0. The van der Waals surface area contributed by atoms with Crippen molar-refractivity contribution in [2.75, 3.05) is 5.32 Å². The molecule has 0 radical (unpaired) electrons. The van der Waals surface area contributed by atoms with Crippen LogP contribution in [0, 0.1) is 12.8 Å². The van der Waals surface area contributed by atoms with Crippen LogP contribution in [0.4, 0.5) is 5.69 Å². The van der Waals surface area contributed by atoms with E-state index in [1.54, 1.807) is 0 Å². The molecule has 1 aliphatic rings. The molecule has 2 atom stereocenters. The molecule has 1 N–H and O–H groups in total. The minimum atomic E-state index is 0.650. The Balaban J connectivity index is 1.99. The molecule has 0 amide bonds. The highest BCUT2D eigenvalue weighted by Gasteiger charge is 2.18. The van der Waals surface area contributed by atoms with Gasteiger partial charge in [0.25, 0.3) is 0 Å². The van der Waals surface area contributed by atoms with Gasteiger partial charge in [0, 0.05) is 12.2 Å². The number of pyridine rings is 1. The Morgan fingerprint density at radius 1 is 1.40 bits per heavy atom. The Morgan fingerprint density at radius 3 is 3.00 bits per heavy atom. The van der Waals surface area contributed by atoms with E-state index in [9.17, 15) is 0 Å². The molecule has 1 aromatic rings. The maximum atomic E-state index is 4.30. The van der Waals surface area contributed by atoms with E-state index in [0.717, 1.165) is 11.6 Å². The number of hydrogen-bond acceptors (Lipinski definition) is 2. The zero-order valence-corrected chi connectivity index (χ0v) is 9.66. The fourth-order valence-electron chi connectivity index (χ4n) is 2.42. The minimum absolute atomic E-state index is 0.650. The van der Waals surface area contributed by atoms with Gasteiger partial charge in [0.05, 0.1) is 11.4 Å². The van der Waals surface area contributed by atoms with Crippen LogP contribution in [0.1, 0.15) is 38.3 Å². The third kappa shape index (κ3) is 2.71. The second kappa shape index (κ2) is 4.65. The molecule has 1 aliphatic carbocycles. The van der Waals surface area contributed by atoms with Gasteiger partial charge in [-0.2, -0.15) is 0 Å². The average molecular weight is 204 g/mol. The summed E-state index contributed by atoms with van der Waals surface area (Å²) in [4.78, 5) is 4.30.